The summed E-state index contributed by atoms with van der Waals surface area (Å²) in [5.74, 6) is 2.09. The molecule has 3 aromatic rings. The van der Waals surface area contributed by atoms with Crippen molar-refractivity contribution < 1.29 is 42.7 Å². The van der Waals surface area contributed by atoms with E-state index in [0.29, 0.717) is 46.8 Å². The van der Waals surface area contributed by atoms with E-state index in [-0.39, 0.29) is 18.8 Å². The van der Waals surface area contributed by atoms with E-state index in [4.69, 9.17) is 35.3 Å². The first-order valence-corrected chi connectivity index (χ1v) is 15.8. The molecular formula is C37H40ClNO9. The second-order valence-electron chi connectivity index (χ2n) is 10.4. The van der Waals surface area contributed by atoms with Crippen molar-refractivity contribution >= 4 is 35.7 Å². The molecule has 0 saturated carbocycles. The number of methoxy groups -OCH3 is 4. The summed E-state index contributed by atoms with van der Waals surface area (Å²) in [7, 11) is 5.59. The summed E-state index contributed by atoms with van der Waals surface area (Å²) < 4.78 is 38.8. The molecule has 0 saturated heterocycles. The Morgan fingerprint density at radius 2 is 1.33 bits per heavy atom. The van der Waals surface area contributed by atoms with Gasteiger partial charge in [-0.15, -0.1) is 11.6 Å². The average molecular weight is 678 g/mol. The molecule has 0 aliphatic rings. The molecule has 0 radical (unpaired) electrons. The van der Waals surface area contributed by atoms with Gasteiger partial charge in [0.05, 0.1) is 35.0 Å². The number of nitriles is 1. The number of alkyl halides is 1. The molecule has 11 heteroatoms. The lowest BCUT2D eigenvalue weighted by atomic mass is 10.1. The molecule has 0 amide bonds. The number of hydrogen-bond donors (Lipinski definition) is 0. The van der Waals surface area contributed by atoms with Gasteiger partial charge in [-0.25, -0.2) is 9.59 Å². The first-order chi connectivity index (χ1) is 23.3. The van der Waals surface area contributed by atoms with E-state index in [1.807, 2.05) is 30.3 Å². The van der Waals surface area contributed by atoms with Gasteiger partial charge >= 0.3 is 11.9 Å². The van der Waals surface area contributed by atoms with E-state index in [2.05, 4.69) is 9.47 Å². The molecule has 0 bridgehead atoms. The fourth-order valence-corrected chi connectivity index (χ4v) is 4.68. The molecule has 0 spiro atoms. The van der Waals surface area contributed by atoms with Gasteiger partial charge < -0.3 is 33.2 Å². The van der Waals surface area contributed by atoms with Gasteiger partial charge in [0.1, 0.15) is 30.6 Å². The number of nitrogens with zero attached hydrogens (tertiary/aromatic N) is 1. The second-order valence-corrected chi connectivity index (χ2v) is 10.7. The lowest BCUT2D eigenvalue weighted by Gasteiger charge is -2.15. The van der Waals surface area contributed by atoms with Crippen LogP contribution in [0.5, 0.6) is 28.7 Å². The molecule has 0 heterocycles. The van der Waals surface area contributed by atoms with Crippen LogP contribution in [0.25, 0.3) is 12.2 Å². The number of unbranched alkanes of at least 4 members (excludes halogenated alkanes) is 3. The molecule has 10 nitrogen and oxygen atoms in total. The average Bonchev–Trinajstić information content (AvgIpc) is 3.12. The van der Waals surface area contributed by atoms with Crippen LogP contribution < -0.4 is 23.7 Å². The van der Waals surface area contributed by atoms with Crippen molar-refractivity contribution in [1.82, 2.24) is 0 Å². The summed E-state index contributed by atoms with van der Waals surface area (Å²) in [6.45, 7) is 0.974. The normalized spacial score (nSPS) is 11.0. The van der Waals surface area contributed by atoms with Crippen LogP contribution in [0.4, 0.5) is 0 Å². The number of hydrogen-bond acceptors (Lipinski definition) is 10. The number of benzene rings is 3. The van der Waals surface area contributed by atoms with Crippen molar-refractivity contribution in [2.75, 3.05) is 40.9 Å². The van der Waals surface area contributed by atoms with Crippen LogP contribution in [0.15, 0.2) is 66.2 Å². The summed E-state index contributed by atoms with van der Waals surface area (Å²) >= 11 is 5.80. The maximum Gasteiger partial charge on any atom is 0.348 e. The zero-order valence-electron chi connectivity index (χ0n) is 27.6. The lowest BCUT2D eigenvalue weighted by Crippen LogP contribution is -2.04. The van der Waals surface area contributed by atoms with Crippen molar-refractivity contribution in [3.63, 3.8) is 0 Å². The largest absolute Gasteiger partial charge is 0.494 e. The van der Waals surface area contributed by atoms with Gasteiger partial charge in [-0.2, -0.15) is 5.26 Å². The molecule has 0 fully saturated rings. The number of esters is 2. The monoisotopic (exact) mass is 677 g/mol. The Kier molecular flexibility index (Phi) is 15.7. The number of rotatable bonds is 19. The molecule has 0 aliphatic carbocycles. The summed E-state index contributed by atoms with van der Waals surface area (Å²) in [5.41, 5.74) is 2.88. The van der Waals surface area contributed by atoms with E-state index < -0.39 is 11.9 Å². The molecule has 3 rings (SSSR count). The molecule has 48 heavy (non-hydrogen) atoms. The Balaban J connectivity index is 1.80. The van der Waals surface area contributed by atoms with Gasteiger partial charge in [0.2, 0.25) is 0 Å². The summed E-state index contributed by atoms with van der Waals surface area (Å²) in [4.78, 5) is 23.3. The molecule has 0 unspecified atom stereocenters. The van der Waals surface area contributed by atoms with Crippen molar-refractivity contribution in [2.24, 2.45) is 0 Å². The van der Waals surface area contributed by atoms with Gasteiger partial charge in [-0.1, -0.05) is 25.0 Å². The highest BCUT2D eigenvalue weighted by Gasteiger charge is 2.13. The van der Waals surface area contributed by atoms with E-state index in [1.54, 1.807) is 43.5 Å². The maximum absolute atomic E-state index is 11.8. The van der Waals surface area contributed by atoms with Crippen molar-refractivity contribution in [3.8, 4) is 34.8 Å². The standard InChI is InChI=1S/C37H40ClNO9/c1-42-34-21-26(11-14-36(40)44-3)9-12-32(34)47-24-28-17-29(20-31(19-28)46-16-8-6-5-7-15-38)25-48-33-13-10-27(22-35(33)43-2)18-30(23-39)37(41)45-4/h9-14,17-22H,5-8,15-16,24-25H2,1-4H3. The Bertz CT molecular complexity index is 1630. The quantitative estimate of drug-likeness (QED) is 0.0420. The fourth-order valence-electron chi connectivity index (χ4n) is 4.49. The maximum atomic E-state index is 11.8. The molecule has 0 N–H and O–H groups in total. The Labute approximate surface area is 286 Å². The van der Waals surface area contributed by atoms with Crippen LogP contribution in [0.1, 0.15) is 47.9 Å². The third-order valence-corrected chi connectivity index (χ3v) is 7.20. The highest BCUT2D eigenvalue weighted by atomic mass is 35.5. The van der Waals surface area contributed by atoms with Crippen molar-refractivity contribution in [2.45, 2.75) is 38.9 Å². The van der Waals surface area contributed by atoms with Crippen LogP contribution in [0, 0.1) is 11.3 Å². The molecule has 0 aromatic heterocycles. The Hall–Kier alpha value is -5.14. The number of carbonyl (C=O) groups excluding carboxylic acids is 2. The van der Waals surface area contributed by atoms with Gasteiger partial charge in [-0.05, 0) is 89.7 Å². The molecule has 0 atom stereocenters. The summed E-state index contributed by atoms with van der Waals surface area (Å²) in [5, 5.41) is 9.29. The zero-order valence-corrected chi connectivity index (χ0v) is 28.3. The second kappa shape index (κ2) is 20.2. The van der Waals surface area contributed by atoms with Crippen LogP contribution in [-0.2, 0) is 32.3 Å². The highest BCUT2D eigenvalue weighted by molar-refractivity contribution is 6.17. The fraction of sp³-hybridized carbons (Fsp3) is 0.324. The predicted molar refractivity (Wildman–Crippen MR) is 182 cm³/mol. The lowest BCUT2D eigenvalue weighted by molar-refractivity contribution is -0.136. The Morgan fingerprint density at radius 3 is 1.90 bits per heavy atom. The third kappa shape index (κ3) is 11.9. The van der Waals surface area contributed by atoms with Gasteiger partial charge in [0.25, 0.3) is 0 Å². The summed E-state index contributed by atoms with van der Waals surface area (Å²) in [6, 6.07) is 18.1. The number of halogens is 1. The van der Waals surface area contributed by atoms with E-state index in [9.17, 15) is 14.9 Å². The number of ether oxygens (including phenoxy) is 7. The topological polar surface area (TPSA) is 123 Å². The number of carbonyl (C=O) groups is 2. The Morgan fingerprint density at radius 1 is 0.729 bits per heavy atom. The minimum absolute atomic E-state index is 0.136. The van der Waals surface area contributed by atoms with E-state index in [1.165, 1.54) is 33.5 Å². The van der Waals surface area contributed by atoms with Gasteiger partial charge in [-0.3, -0.25) is 0 Å². The van der Waals surface area contributed by atoms with Crippen molar-refractivity contribution in [3.05, 3.63) is 88.5 Å². The van der Waals surface area contributed by atoms with E-state index >= 15 is 0 Å². The highest BCUT2D eigenvalue weighted by Crippen LogP contribution is 2.32. The summed E-state index contributed by atoms with van der Waals surface area (Å²) in [6.07, 6.45) is 8.34. The first kappa shape index (κ1) is 37.3. The van der Waals surface area contributed by atoms with Crippen molar-refractivity contribution in [1.29, 1.82) is 5.26 Å². The SMILES string of the molecule is COC(=O)C=Cc1ccc(OCc2cc(COc3ccc(C=C(C#N)C(=O)OC)cc3OC)cc(OCCCCCCCl)c2)c(OC)c1. The minimum atomic E-state index is -0.725. The molecule has 0 aliphatic heterocycles. The minimum Gasteiger partial charge on any atom is -0.494 e. The van der Waals surface area contributed by atoms with Crippen LogP contribution in [-0.4, -0.2) is 52.9 Å². The van der Waals surface area contributed by atoms with Crippen LogP contribution >= 0.6 is 11.6 Å². The molecule has 254 valence electrons. The van der Waals surface area contributed by atoms with Crippen LogP contribution in [0.3, 0.4) is 0 Å². The van der Waals surface area contributed by atoms with Crippen LogP contribution in [0.2, 0.25) is 0 Å². The first-order valence-electron chi connectivity index (χ1n) is 15.2. The zero-order chi connectivity index (χ0) is 34.7. The molecular weight excluding hydrogens is 638 g/mol. The smallest absolute Gasteiger partial charge is 0.348 e. The van der Waals surface area contributed by atoms with Gasteiger partial charge in [0.15, 0.2) is 23.0 Å². The van der Waals surface area contributed by atoms with Gasteiger partial charge in [0, 0.05) is 12.0 Å². The van der Waals surface area contributed by atoms with E-state index in [0.717, 1.165) is 42.4 Å². The molecule has 3 aromatic carbocycles. The third-order valence-electron chi connectivity index (χ3n) is 6.94. The predicted octanol–water partition coefficient (Wildman–Crippen LogP) is 7.31.